The number of rotatable bonds is 0. The van der Waals surface area contributed by atoms with Crippen molar-refractivity contribution < 1.29 is 0 Å². The third-order valence-corrected chi connectivity index (χ3v) is 3.27. The van der Waals surface area contributed by atoms with Gasteiger partial charge in [0.2, 0.25) is 0 Å². The van der Waals surface area contributed by atoms with E-state index in [1.165, 1.54) is 6.42 Å². The fourth-order valence-corrected chi connectivity index (χ4v) is 2.70. The molecule has 0 spiro atoms. The van der Waals surface area contributed by atoms with E-state index < -0.39 is 0 Å². The van der Waals surface area contributed by atoms with Crippen LogP contribution in [-0.2, 0) is 0 Å². The Labute approximate surface area is 72.9 Å². The van der Waals surface area contributed by atoms with Crippen molar-refractivity contribution in [2.24, 2.45) is 0 Å². The van der Waals surface area contributed by atoms with Crippen molar-refractivity contribution in [2.45, 2.75) is 25.2 Å². The van der Waals surface area contributed by atoms with Gasteiger partial charge in [0.15, 0.2) is 0 Å². The van der Waals surface area contributed by atoms with E-state index in [1.807, 2.05) is 0 Å². The zero-order valence-corrected chi connectivity index (χ0v) is 7.25. The lowest BCUT2D eigenvalue weighted by molar-refractivity contribution is 0.785. The lowest BCUT2D eigenvalue weighted by Gasteiger charge is -2.13. The van der Waals surface area contributed by atoms with Crippen LogP contribution in [-0.4, -0.2) is 0 Å². The molecule has 0 fully saturated rings. The van der Waals surface area contributed by atoms with Crippen molar-refractivity contribution >= 4 is 0 Å². The SMILES string of the molecule is CC1=C[C@@H]2C[C@@H]1c1ccccc12. The van der Waals surface area contributed by atoms with Crippen LogP contribution in [0.3, 0.4) is 0 Å². The summed E-state index contributed by atoms with van der Waals surface area (Å²) >= 11 is 0. The Morgan fingerprint density at radius 1 is 1.17 bits per heavy atom. The van der Waals surface area contributed by atoms with E-state index in [9.17, 15) is 0 Å². The Morgan fingerprint density at radius 2 is 1.92 bits per heavy atom. The van der Waals surface area contributed by atoms with Gasteiger partial charge in [-0.25, -0.2) is 0 Å². The Bertz CT molecular complexity index is 360. The molecule has 2 bridgehead atoms. The van der Waals surface area contributed by atoms with E-state index in [1.54, 1.807) is 16.7 Å². The van der Waals surface area contributed by atoms with E-state index in [0.717, 1.165) is 11.8 Å². The van der Waals surface area contributed by atoms with Gasteiger partial charge in [0.1, 0.15) is 0 Å². The lowest BCUT2D eigenvalue weighted by atomic mass is 9.92. The van der Waals surface area contributed by atoms with Gasteiger partial charge in [0.05, 0.1) is 0 Å². The molecule has 60 valence electrons. The third-order valence-electron chi connectivity index (χ3n) is 3.27. The summed E-state index contributed by atoms with van der Waals surface area (Å²) in [6.45, 7) is 2.26. The summed E-state index contributed by atoms with van der Waals surface area (Å²) in [6, 6.07) is 8.88. The predicted octanol–water partition coefficient (Wildman–Crippen LogP) is 3.22. The molecule has 0 unspecified atom stereocenters. The molecule has 0 saturated carbocycles. The van der Waals surface area contributed by atoms with E-state index in [0.29, 0.717) is 0 Å². The lowest BCUT2D eigenvalue weighted by Crippen LogP contribution is -1.95. The average molecular weight is 156 g/mol. The van der Waals surface area contributed by atoms with Gasteiger partial charge >= 0.3 is 0 Å². The summed E-state index contributed by atoms with van der Waals surface area (Å²) in [5.41, 5.74) is 4.74. The molecule has 0 N–H and O–H groups in total. The minimum absolute atomic E-state index is 0.742. The molecule has 0 aromatic heterocycles. The van der Waals surface area contributed by atoms with E-state index in [2.05, 4.69) is 37.3 Å². The maximum absolute atomic E-state index is 2.44. The van der Waals surface area contributed by atoms with Crippen LogP contribution in [0, 0.1) is 0 Å². The van der Waals surface area contributed by atoms with Gasteiger partial charge in [-0.2, -0.15) is 0 Å². The van der Waals surface area contributed by atoms with Crippen LogP contribution >= 0.6 is 0 Å². The van der Waals surface area contributed by atoms with Crippen molar-refractivity contribution in [1.82, 2.24) is 0 Å². The summed E-state index contributed by atoms with van der Waals surface area (Å²) < 4.78 is 0. The van der Waals surface area contributed by atoms with Gasteiger partial charge in [-0.3, -0.25) is 0 Å². The smallest absolute Gasteiger partial charge is 0.00573 e. The maximum atomic E-state index is 2.44. The molecule has 0 saturated heterocycles. The Balaban J connectivity index is 2.23. The minimum atomic E-state index is 0.742. The maximum Gasteiger partial charge on any atom is 0.00573 e. The molecule has 2 aliphatic carbocycles. The van der Waals surface area contributed by atoms with Crippen LogP contribution in [0.15, 0.2) is 35.9 Å². The van der Waals surface area contributed by atoms with Crippen LogP contribution in [0.25, 0.3) is 0 Å². The molecule has 1 aromatic carbocycles. The zero-order valence-electron chi connectivity index (χ0n) is 7.25. The van der Waals surface area contributed by atoms with Crippen molar-refractivity contribution in [3.05, 3.63) is 47.0 Å². The highest BCUT2D eigenvalue weighted by molar-refractivity contribution is 5.50. The third kappa shape index (κ3) is 0.632. The minimum Gasteiger partial charge on any atom is -0.0774 e. The van der Waals surface area contributed by atoms with E-state index in [4.69, 9.17) is 0 Å². The normalized spacial score (nSPS) is 30.2. The van der Waals surface area contributed by atoms with Gasteiger partial charge in [-0.15, -0.1) is 0 Å². The van der Waals surface area contributed by atoms with Gasteiger partial charge in [-0.1, -0.05) is 35.9 Å². The summed E-state index contributed by atoms with van der Waals surface area (Å²) in [6.07, 6.45) is 3.78. The molecular weight excluding hydrogens is 144 g/mol. The van der Waals surface area contributed by atoms with Crippen molar-refractivity contribution in [2.75, 3.05) is 0 Å². The first-order chi connectivity index (χ1) is 5.86. The standard InChI is InChI=1S/C12H12/c1-8-6-9-7-12(8)11-5-3-2-4-10(9)11/h2-6,9,12H,7H2,1H3/t9-,12+/m1/s1. The number of hydrogen-bond donors (Lipinski definition) is 0. The van der Waals surface area contributed by atoms with Gasteiger partial charge in [-0.05, 0) is 24.5 Å². The number of benzene rings is 1. The van der Waals surface area contributed by atoms with E-state index in [-0.39, 0.29) is 0 Å². The summed E-state index contributed by atoms with van der Waals surface area (Å²) in [7, 11) is 0. The van der Waals surface area contributed by atoms with Crippen LogP contribution < -0.4 is 0 Å². The fraction of sp³-hybridized carbons (Fsp3) is 0.333. The first-order valence-corrected chi connectivity index (χ1v) is 4.63. The van der Waals surface area contributed by atoms with Crippen molar-refractivity contribution in [3.63, 3.8) is 0 Å². The van der Waals surface area contributed by atoms with Crippen LogP contribution in [0.1, 0.15) is 36.3 Å². The number of hydrogen-bond acceptors (Lipinski definition) is 0. The first-order valence-electron chi connectivity index (χ1n) is 4.63. The highest BCUT2D eigenvalue weighted by Gasteiger charge is 2.35. The molecule has 0 aliphatic heterocycles. The Hall–Kier alpha value is -1.04. The van der Waals surface area contributed by atoms with Crippen LogP contribution in [0.2, 0.25) is 0 Å². The van der Waals surface area contributed by atoms with Crippen molar-refractivity contribution in [3.8, 4) is 0 Å². The first kappa shape index (κ1) is 6.47. The zero-order chi connectivity index (χ0) is 8.13. The van der Waals surface area contributed by atoms with Gasteiger partial charge in [0, 0.05) is 11.8 Å². The van der Waals surface area contributed by atoms with Crippen molar-refractivity contribution in [1.29, 1.82) is 0 Å². The van der Waals surface area contributed by atoms with Crippen LogP contribution in [0.5, 0.6) is 0 Å². The molecule has 0 amide bonds. The summed E-state index contributed by atoms with van der Waals surface area (Å²) in [5, 5.41) is 0. The molecule has 2 aliphatic rings. The second-order valence-corrected chi connectivity index (χ2v) is 3.93. The monoisotopic (exact) mass is 156 g/mol. The number of fused-ring (bicyclic) bond motifs is 5. The molecule has 12 heavy (non-hydrogen) atoms. The molecule has 0 heteroatoms. The quantitative estimate of drug-likeness (QED) is 0.506. The van der Waals surface area contributed by atoms with Crippen LogP contribution in [0.4, 0.5) is 0 Å². The molecule has 0 radical (unpaired) electrons. The second-order valence-electron chi connectivity index (χ2n) is 3.93. The summed E-state index contributed by atoms with van der Waals surface area (Å²) in [5.74, 6) is 1.50. The van der Waals surface area contributed by atoms with Gasteiger partial charge in [0.25, 0.3) is 0 Å². The molecule has 3 rings (SSSR count). The predicted molar refractivity (Wildman–Crippen MR) is 50.3 cm³/mol. The second kappa shape index (κ2) is 2.01. The molecule has 0 heterocycles. The largest absolute Gasteiger partial charge is 0.0774 e. The highest BCUT2D eigenvalue weighted by atomic mass is 14.4. The summed E-state index contributed by atoms with van der Waals surface area (Å²) in [4.78, 5) is 0. The molecule has 0 nitrogen and oxygen atoms in total. The molecule has 1 aromatic rings. The molecule has 2 atom stereocenters. The Morgan fingerprint density at radius 3 is 2.75 bits per heavy atom. The molecular formula is C12H12. The number of allylic oxidation sites excluding steroid dienone is 2. The van der Waals surface area contributed by atoms with Gasteiger partial charge < -0.3 is 0 Å². The van der Waals surface area contributed by atoms with E-state index >= 15 is 0 Å². The Kier molecular flexibility index (Phi) is 1.08. The topological polar surface area (TPSA) is 0 Å². The fourth-order valence-electron chi connectivity index (χ4n) is 2.70. The highest BCUT2D eigenvalue weighted by Crippen LogP contribution is 2.51. The average Bonchev–Trinajstić information content (AvgIpc) is 2.62.